The number of benzene rings is 1. The van der Waals surface area contributed by atoms with Gasteiger partial charge in [-0.1, -0.05) is 0 Å². The average Bonchev–Trinajstić information content (AvgIpc) is 2.23. The number of nitrogens with zero attached hydrogens (tertiary/aromatic N) is 1. The molecular formula is C11H10BrFN2O. The molecule has 1 aromatic heterocycles. The van der Waals surface area contributed by atoms with Crippen LogP contribution in [0, 0.1) is 5.82 Å². The molecule has 0 radical (unpaired) electrons. The molecule has 16 heavy (non-hydrogen) atoms. The minimum atomic E-state index is -0.368. The third-order valence-corrected chi connectivity index (χ3v) is 2.88. The maximum absolute atomic E-state index is 13.6. The third kappa shape index (κ3) is 1.88. The Labute approximate surface area is 101 Å². The number of rotatable bonds is 2. The lowest BCUT2D eigenvalue weighted by atomic mass is 10.1. The molecule has 2 aromatic rings. The van der Waals surface area contributed by atoms with Gasteiger partial charge in [0.2, 0.25) is 0 Å². The lowest BCUT2D eigenvalue weighted by Gasteiger charge is -2.07. The van der Waals surface area contributed by atoms with Crippen LogP contribution in [0.15, 0.2) is 22.7 Å². The van der Waals surface area contributed by atoms with Crippen LogP contribution >= 0.6 is 15.9 Å². The molecule has 0 fully saturated rings. The van der Waals surface area contributed by atoms with E-state index in [1.807, 2.05) is 0 Å². The second-order valence-corrected chi connectivity index (χ2v) is 4.24. The number of fused-ring (bicyclic) bond motifs is 1. The molecule has 0 saturated carbocycles. The lowest BCUT2D eigenvalue weighted by molar-refractivity contribution is 0.182. The number of ether oxygens (including phenoxy) is 1. The number of hydrogen-bond donors (Lipinski definition) is 1. The number of anilines is 1. The van der Waals surface area contributed by atoms with E-state index < -0.39 is 0 Å². The zero-order chi connectivity index (χ0) is 11.7. The first-order valence-electron chi connectivity index (χ1n) is 4.65. The van der Waals surface area contributed by atoms with Gasteiger partial charge in [-0.05, 0) is 34.1 Å². The first kappa shape index (κ1) is 11.3. The Balaban J connectivity index is 2.76. The van der Waals surface area contributed by atoms with Crippen LogP contribution in [0.4, 0.5) is 10.1 Å². The van der Waals surface area contributed by atoms with E-state index in [4.69, 9.17) is 10.5 Å². The van der Waals surface area contributed by atoms with Gasteiger partial charge in [-0.3, -0.25) is 0 Å². The summed E-state index contributed by atoms with van der Waals surface area (Å²) in [5.74, 6) is -0.368. The summed E-state index contributed by atoms with van der Waals surface area (Å²) in [6, 6.07) is 4.60. The van der Waals surface area contributed by atoms with Gasteiger partial charge in [0.1, 0.15) is 5.82 Å². The van der Waals surface area contributed by atoms with Crippen molar-refractivity contribution in [3.63, 3.8) is 0 Å². The van der Waals surface area contributed by atoms with Crippen molar-refractivity contribution < 1.29 is 9.13 Å². The van der Waals surface area contributed by atoms with Crippen LogP contribution in [-0.4, -0.2) is 12.1 Å². The molecule has 1 aromatic carbocycles. The van der Waals surface area contributed by atoms with Gasteiger partial charge in [-0.2, -0.15) is 0 Å². The Morgan fingerprint density at radius 1 is 1.50 bits per heavy atom. The van der Waals surface area contributed by atoms with Crippen LogP contribution in [-0.2, 0) is 11.3 Å². The SMILES string of the molecule is COCc1cc(N)c2c(F)ccc(Br)c2n1. The van der Waals surface area contributed by atoms with Crippen LogP contribution in [0.1, 0.15) is 5.69 Å². The number of pyridine rings is 1. The van der Waals surface area contributed by atoms with Crippen molar-refractivity contribution in [1.29, 1.82) is 0 Å². The quantitative estimate of drug-likeness (QED) is 0.923. The van der Waals surface area contributed by atoms with E-state index in [0.29, 0.717) is 33.4 Å². The number of hydrogen-bond acceptors (Lipinski definition) is 3. The highest BCUT2D eigenvalue weighted by Crippen LogP contribution is 2.29. The first-order valence-corrected chi connectivity index (χ1v) is 5.45. The molecule has 0 aliphatic heterocycles. The van der Waals surface area contributed by atoms with Crippen molar-refractivity contribution in [1.82, 2.24) is 4.98 Å². The molecule has 3 nitrogen and oxygen atoms in total. The summed E-state index contributed by atoms with van der Waals surface area (Å²) < 4.78 is 19.3. The largest absolute Gasteiger partial charge is 0.398 e. The molecule has 0 spiro atoms. The molecule has 0 aliphatic carbocycles. The Kier molecular flexibility index (Phi) is 3.07. The molecule has 0 saturated heterocycles. The lowest BCUT2D eigenvalue weighted by Crippen LogP contribution is -1.99. The standard InChI is InChI=1S/C11H10BrFN2O/c1-16-5-6-4-9(14)10-8(13)3-2-7(12)11(10)15-6/h2-4H,5H2,1H3,(H2,14,15). The molecule has 0 amide bonds. The van der Waals surface area contributed by atoms with Gasteiger partial charge in [0, 0.05) is 17.3 Å². The molecule has 2 N–H and O–H groups in total. The maximum Gasteiger partial charge on any atom is 0.134 e. The van der Waals surface area contributed by atoms with Crippen molar-refractivity contribution in [3.05, 3.63) is 34.2 Å². The molecular weight excluding hydrogens is 275 g/mol. The number of nitrogens with two attached hydrogens (primary N) is 1. The van der Waals surface area contributed by atoms with E-state index in [1.54, 1.807) is 19.2 Å². The molecule has 5 heteroatoms. The molecule has 0 unspecified atom stereocenters. The zero-order valence-electron chi connectivity index (χ0n) is 8.63. The van der Waals surface area contributed by atoms with Crippen molar-refractivity contribution in [2.24, 2.45) is 0 Å². The fourth-order valence-corrected chi connectivity index (χ4v) is 1.99. The van der Waals surface area contributed by atoms with Crippen molar-refractivity contribution in [2.75, 3.05) is 12.8 Å². The highest BCUT2D eigenvalue weighted by atomic mass is 79.9. The minimum absolute atomic E-state index is 0.342. The Morgan fingerprint density at radius 2 is 2.25 bits per heavy atom. The van der Waals surface area contributed by atoms with Gasteiger partial charge < -0.3 is 10.5 Å². The van der Waals surface area contributed by atoms with Gasteiger partial charge in [0.25, 0.3) is 0 Å². The molecule has 2 rings (SSSR count). The van der Waals surface area contributed by atoms with Crippen molar-refractivity contribution >= 4 is 32.5 Å². The summed E-state index contributed by atoms with van der Waals surface area (Å²) in [5, 5.41) is 0.342. The van der Waals surface area contributed by atoms with E-state index >= 15 is 0 Å². The van der Waals surface area contributed by atoms with Crippen LogP contribution in [0.2, 0.25) is 0 Å². The highest BCUT2D eigenvalue weighted by Gasteiger charge is 2.10. The summed E-state index contributed by atoms with van der Waals surface area (Å²) in [7, 11) is 1.57. The van der Waals surface area contributed by atoms with E-state index in [1.165, 1.54) is 6.07 Å². The third-order valence-electron chi connectivity index (χ3n) is 2.24. The van der Waals surface area contributed by atoms with Crippen molar-refractivity contribution in [2.45, 2.75) is 6.61 Å². The predicted octanol–water partition coefficient (Wildman–Crippen LogP) is 2.87. The fourth-order valence-electron chi connectivity index (χ4n) is 1.57. The molecule has 84 valence electrons. The van der Waals surface area contributed by atoms with Gasteiger partial charge in [0.15, 0.2) is 0 Å². The normalized spacial score (nSPS) is 10.9. The van der Waals surface area contributed by atoms with E-state index in [-0.39, 0.29) is 5.82 Å². The summed E-state index contributed by atoms with van der Waals surface area (Å²) in [6.07, 6.45) is 0. The minimum Gasteiger partial charge on any atom is -0.398 e. The molecule has 0 aliphatic rings. The van der Waals surface area contributed by atoms with Gasteiger partial charge in [0.05, 0.1) is 23.2 Å². The number of nitrogen functional groups attached to an aromatic ring is 1. The Morgan fingerprint density at radius 3 is 2.94 bits per heavy atom. The number of methoxy groups -OCH3 is 1. The van der Waals surface area contributed by atoms with Crippen LogP contribution < -0.4 is 5.73 Å². The summed E-state index contributed by atoms with van der Waals surface area (Å²) in [5.41, 5.74) is 7.37. The highest BCUT2D eigenvalue weighted by molar-refractivity contribution is 9.10. The first-order chi connectivity index (χ1) is 7.63. The number of halogens is 2. The molecule has 0 atom stereocenters. The van der Waals surface area contributed by atoms with Gasteiger partial charge in [-0.15, -0.1) is 0 Å². The topological polar surface area (TPSA) is 48.1 Å². The zero-order valence-corrected chi connectivity index (χ0v) is 10.2. The van der Waals surface area contributed by atoms with Gasteiger partial charge >= 0.3 is 0 Å². The Hall–Kier alpha value is -1.20. The monoisotopic (exact) mass is 284 g/mol. The van der Waals surface area contributed by atoms with Crippen molar-refractivity contribution in [3.8, 4) is 0 Å². The molecule has 1 heterocycles. The second kappa shape index (κ2) is 4.35. The summed E-state index contributed by atoms with van der Waals surface area (Å²) >= 11 is 3.32. The summed E-state index contributed by atoms with van der Waals surface area (Å²) in [4.78, 5) is 4.29. The van der Waals surface area contributed by atoms with Gasteiger partial charge in [-0.25, -0.2) is 9.37 Å². The van der Waals surface area contributed by atoms with E-state index in [2.05, 4.69) is 20.9 Å². The maximum atomic E-state index is 13.6. The Bertz CT molecular complexity index is 545. The van der Waals surface area contributed by atoms with Crippen LogP contribution in [0.5, 0.6) is 0 Å². The average molecular weight is 285 g/mol. The fraction of sp³-hybridized carbons (Fsp3) is 0.182. The smallest absolute Gasteiger partial charge is 0.134 e. The predicted molar refractivity (Wildman–Crippen MR) is 64.5 cm³/mol. The van der Waals surface area contributed by atoms with Crippen LogP contribution in [0.25, 0.3) is 10.9 Å². The van der Waals surface area contributed by atoms with E-state index in [9.17, 15) is 4.39 Å². The molecule has 0 bridgehead atoms. The second-order valence-electron chi connectivity index (χ2n) is 3.39. The summed E-state index contributed by atoms with van der Waals surface area (Å²) in [6.45, 7) is 0.350. The van der Waals surface area contributed by atoms with E-state index in [0.717, 1.165) is 0 Å². The van der Waals surface area contributed by atoms with Crippen LogP contribution in [0.3, 0.4) is 0 Å². The number of aromatic nitrogens is 1.